The van der Waals surface area contributed by atoms with Gasteiger partial charge in [0, 0.05) is 12.1 Å². The Morgan fingerprint density at radius 2 is 2.25 bits per heavy atom. The zero-order valence-electron chi connectivity index (χ0n) is 8.88. The molecule has 0 aliphatic carbocycles. The van der Waals surface area contributed by atoms with E-state index in [1.54, 1.807) is 0 Å². The van der Waals surface area contributed by atoms with Gasteiger partial charge in [-0.15, -0.1) is 0 Å². The first kappa shape index (κ1) is 12.6. The fourth-order valence-corrected chi connectivity index (χ4v) is 1.26. The van der Waals surface area contributed by atoms with Crippen LogP contribution in [0.4, 0.5) is 5.69 Å². The molecule has 0 saturated heterocycles. The number of benzene rings is 1. The highest BCUT2D eigenvalue weighted by Crippen LogP contribution is 2.31. The highest BCUT2D eigenvalue weighted by molar-refractivity contribution is 7.80. The van der Waals surface area contributed by atoms with Crippen molar-refractivity contribution >= 4 is 18.3 Å². The molecule has 0 unspecified atom stereocenters. The van der Waals surface area contributed by atoms with Crippen LogP contribution in [0, 0.1) is 10.1 Å². The Bertz CT molecular complexity index is 370. The molecule has 16 heavy (non-hydrogen) atoms. The number of nitro benzene ring substituents is 1. The van der Waals surface area contributed by atoms with E-state index in [4.69, 9.17) is 9.47 Å². The van der Waals surface area contributed by atoms with Gasteiger partial charge in [-0.25, -0.2) is 0 Å². The predicted octanol–water partition coefficient (Wildman–Crippen LogP) is 2.30. The van der Waals surface area contributed by atoms with E-state index in [9.17, 15) is 10.1 Å². The lowest BCUT2D eigenvalue weighted by Gasteiger charge is -2.07. The Morgan fingerprint density at radius 3 is 2.81 bits per heavy atom. The monoisotopic (exact) mass is 243 g/mol. The van der Waals surface area contributed by atoms with Crippen LogP contribution >= 0.6 is 12.6 Å². The van der Waals surface area contributed by atoms with Crippen LogP contribution in [0.3, 0.4) is 0 Å². The number of ether oxygens (including phenoxy) is 2. The van der Waals surface area contributed by atoms with E-state index in [1.807, 2.05) is 0 Å². The van der Waals surface area contributed by atoms with Crippen molar-refractivity contribution in [3.8, 4) is 11.5 Å². The summed E-state index contributed by atoms with van der Waals surface area (Å²) in [5.74, 6) is 1.44. The van der Waals surface area contributed by atoms with Crippen molar-refractivity contribution in [2.45, 2.75) is 6.42 Å². The predicted molar refractivity (Wildman–Crippen MR) is 63.6 cm³/mol. The second kappa shape index (κ2) is 6.22. The smallest absolute Gasteiger partial charge is 0.311 e. The fraction of sp³-hybridized carbons (Fsp3) is 0.400. The number of hydrogen-bond donors (Lipinski definition) is 1. The van der Waals surface area contributed by atoms with Gasteiger partial charge in [0.05, 0.1) is 18.6 Å². The van der Waals surface area contributed by atoms with E-state index in [0.717, 1.165) is 6.42 Å². The molecule has 0 spiro atoms. The second-order valence-corrected chi connectivity index (χ2v) is 3.46. The van der Waals surface area contributed by atoms with Crippen LogP contribution in [0.2, 0.25) is 0 Å². The normalized spacial score (nSPS) is 9.88. The minimum Gasteiger partial charge on any atom is -0.497 e. The van der Waals surface area contributed by atoms with E-state index in [-0.39, 0.29) is 11.4 Å². The molecule has 6 heteroatoms. The van der Waals surface area contributed by atoms with Crippen molar-refractivity contribution in [2.75, 3.05) is 19.5 Å². The van der Waals surface area contributed by atoms with Crippen molar-refractivity contribution in [3.63, 3.8) is 0 Å². The Kier molecular flexibility index (Phi) is 4.91. The van der Waals surface area contributed by atoms with Crippen LogP contribution in [0.1, 0.15) is 6.42 Å². The van der Waals surface area contributed by atoms with Crippen LogP contribution in [0.5, 0.6) is 11.5 Å². The van der Waals surface area contributed by atoms with E-state index in [1.165, 1.54) is 25.3 Å². The van der Waals surface area contributed by atoms with Crippen molar-refractivity contribution in [1.82, 2.24) is 0 Å². The molecule has 1 aromatic carbocycles. The molecule has 0 atom stereocenters. The van der Waals surface area contributed by atoms with Gasteiger partial charge in [-0.2, -0.15) is 12.6 Å². The zero-order chi connectivity index (χ0) is 12.0. The van der Waals surface area contributed by atoms with E-state index in [0.29, 0.717) is 18.1 Å². The maximum absolute atomic E-state index is 10.7. The summed E-state index contributed by atoms with van der Waals surface area (Å²) in [6, 6.07) is 4.41. The topological polar surface area (TPSA) is 61.6 Å². The molecule has 0 heterocycles. The quantitative estimate of drug-likeness (QED) is 0.360. The third-order valence-electron chi connectivity index (χ3n) is 1.92. The first-order chi connectivity index (χ1) is 7.69. The number of hydrogen-bond acceptors (Lipinski definition) is 5. The molecule has 0 bridgehead atoms. The summed E-state index contributed by atoms with van der Waals surface area (Å²) in [6.07, 6.45) is 0.734. The van der Waals surface area contributed by atoms with Gasteiger partial charge in [0.2, 0.25) is 5.75 Å². The number of nitro groups is 1. The Hall–Kier alpha value is -1.43. The lowest BCUT2D eigenvalue weighted by molar-refractivity contribution is -0.385. The summed E-state index contributed by atoms with van der Waals surface area (Å²) in [7, 11) is 1.50. The molecule has 5 nitrogen and oxygen atoms in total. The summed E-state index contributed by atoms with van der Waals surface area (Å²) in [5.41, 5.74) is -0.0556. The van der Waals surface area contributed by atoms with Crippen molar-refractivity contribution in [1.29, 1.82) is 0 Å². The molecule has 0 aliphatic heterocycles. The van der Waals surface area contributed by atoms with E-state index >= 15 is 0 Å². The summed E-state index contributed by atoms with van der Waals surface area (Å²) < 4.78 is 10.3. The van der Waals surface area contributed by atoms with Gasteiger partial charge in [0.1, 0.15) is 5.75 Å². The lowest BCUT2D eigenvalue weighted by Crippen LogP contribution is -2.01. The molecule has 0 fully saturated rings. The summed E-state index contributed by atoms with van der Waals surface area (Å²) >= 11 is 4.03. The molecule has 0 saturated carbocycles. The van der Waals surface area contributed by atoms with Gasteiger partial charge in [0.15, 0.2) is 0 Å². The first-order valence-electron chi connectivity index (χ1n) is 4.75. The summed E-state index contributed by atoms with van der Waals surface area (Å²) in [5, 5.41) is 10.7. The van der Waals surface area contributed by atoms with Gasteiger partial charge in [-0.05, 0) is 18.2 Å². The first-order valence-corrected chi connectivity index (χ1v) is 5.38. The van der Waals surface area contributed by atoms with Crippen LogP contribution in [-0.2, 0) is 0 Å². The van der Waals surface area contributed by atoms with Crippen LogP contribution < -0.4 is 9.47 Å². The van der Waals surface area contributed by atoms with Gasteiger partial charge >= 0.3 is 5.69 Å². The molecular weight excluding hydrogens is 230 g/mol. The number of rotatable bonds is 6. The van der Waals surface area contributed by atoms with E-state index < -0.39 is 4.92 Å². The van der Waals surface area contributed by atoms with Gasteiger partial charge in [-0.3, -0.25) is 10.1 Å². The molecule has 0 radical (unpaired) electrons. The summed E-state index contributed by atoms with van der Waals surface area (Å²) in [4.78, 5) is 10.2. The van der Waals surface area contributed by atoms with Gasteiger partial charge in [-0.1, -0.05) is 0 Å². The Labute approximate surface area is 98.9 Å². The number of methoxy groups -OCH3 is 1. The summed E-state index contributed by atoms with van der Waals surface area (Å²) in [6.45, 7) is 0.400. The second-order valence-electron chi connectivity index (χ2n) is 3.02. The van der Waals surface area contributed by atoms with Gasteiger partial charge < -0.3 is 9.47 Å². The minimum absolute atomic E-state index is 0.0556. The highest BCUT2D eigenvalue weighted by Gasteiger charge is 2.15. The number of thiol groups is 1. The van der Waals surface area contributed by atoms with Crippen molar-refractivity contribution in [2.24, 2.45) is 0 Å². The Morgan fingerprint density at radius 1 is 1.50 bits per heavy atom. The lowest BCUT2D eigenvalue weighted by atomic mass is 10.3. The molecule has 0 N–H and O–H groups in total. The van der Waals surface area contributed by atoms with Crippen LogP contribution in [0.25, 0.3) is 0 Å². The SMILES string of the molecule is COc1ccc([N+](=O)[O-])c(OCCCS)c1. The Balaban J connectivity index is 2.87. The van der Waals surface area contributed by atoms with Crippen LogP contribution in [0.15, 0.2) is 18.2 Å². The number of nitrogens with zero attached hydrogens (tertiary/aromatic N) is 1. The van der Waals surface area contributed by atoms with Crippen molar-refractivity contribution < 1.29 is 14.4 Å². The zero-order valence-corrected chi connectivity index (χ0v) is 9.78. The molecule has 1 rings (SSSR count). The molecule has 88 valence electrons. The largest absolute Gasteiger partial charge is 0.497 e. The average molecular weight is 243 g/mol. The van der Waals surface area contributed by atoms with E-state index in [2.05, 4.69) is 12.6 Å². The maximum Gasteiger partial charge on any atom is 0.311 e. The average Bonchev–Trinajstić information content (AvgIpc) is 2.29. The molecule has 0 amide bonds. The van der Waals surface area contributed by atoms with Crippen LogP contribution in [-0.4, -0.2) is 24.4 Å². The van der Waals surface area contributed by atoms with Crippen molar-refractivity contribution in [3.05, 3.63) is 28.3 Å². The molecule has 0 aliphatic rings. The maximum atomic E-state index is 10.7. The third kappa shape index (κ3) is 3.30. The van der Waals surface area contributed by atoms with Gasteiger partial charge in [0.25, 0.3) is 0 Å². The molecule has 0 aromatic heterocycles. The fourth-order valence-electron chi connectivity index (χ4n) is 1.13. The minimum atomic E-state index is -0.477. The standard InChI is InChI=1S/C10H13NO4S/c1-14-8-3-4-9(11(12)13)10(7-8)15-5-2-6-16/h3-4,7,16H,2,5-6H2,1H3. The highest BCUT2D eigenvalue weighted by atomic mass is 32.1. The molecular formula is C10H13NO4S. The molecule has 1 aromatic rings. The third-order valence-corrected chi connectivity index (χ3v) is 2.24.